The molecule has 2 aliphatic rings. The van der Waals surface area contributed by atoms with Gasteiger partial charge in [-0.1, -0.05) is 0 Å². The summed E-state index contributed by atoms with van der Waals surface area (Å²) >= 11 is 0. The molecule has 0 spiro atoms. The zero-order valence-electron chi connectivity index (χ0n) is 21.2. The molecule has 0 unspecified atom stereocenters. The minimum atomic E-state index is -3.80. The fraction of sp³-hybridized carbons (Fsp3) is 0.650. The van der Waals surface area contributed by atoms with Crippen LogP contribution in [0.25, 0.3) is 11.0 Å². The second-order valence-electron chi connectivity index (χ2n) is 8.26. The van der Waals surface area contributed by atoms with Crippen molar-refractivity contribution in [1.82, 2.24) is 18.8 Å². The van der Waals surface area contributed by atoms with Crippen LogP contribution in [0.5, 0.6) is 0 Å². The summed E-state index contributed by atoms with van der Waals surface area (Å²) < 4.78 is 59.6. The standard InChI is InChI=1S/C20H29N5O4S/c1-13-11-14-12-21-19(22-15-6-9-24(10-7-15)30(3,28)29)23-17(14)25(18(13)26)16-5-4-8-20(16,2)27/h11-12,15-16,27H,4-10H2,1-3H3,(H,21,22,23)/t16-,20-/m1/s1/i6D2,7D2. The molecule has 4 rings (SSSR count). The van der Waals surface area contributed by atoms with Crippen molar-refractivity contribution in [1.29, 1.82) is 0 Å². The highest BCUT2D eigenvalue weighted by Crippen LogP contribution is 2.39. The monoisotopic (exact) mass is 439 g/mol. The van der Waals surface area contributed by atoms with Crippen LogP contribution in [0.15, 0.2) is 17.1 Å². The van der Waals surface area contributed by atoms with Crippen molar-refractivity contribution in [2.24, 2.45) is 0 Å². The van der Waals surface area contributed by atoms with Gasteiger partial charge in [-0.25, -0.2) is 17.7 Å². The molecule has 2 aromatic heterocycles. The van der Waals surface area contributed by atoms with Gasteiger partial charge in [0, 0.05) is 41.8 Å². The van der Waals surface area contributed by atoms with Crippen molar-refractivity contribution >= 4 is 27.0 Å². The molecule has 1 saturated heterocycles. The maximum Gasteiger partial charge on any atom is 0.255 e. The molecule has 0 bridgehead atoms. The van der Waals surface area contributed by atoms with Gasteiger partial charge in [0.05, 0.1) is 17.9 Å². The van der Waals surface area contributed by atoms with Gasteiger partial charge < -0.3 is 10.4 Å². The molecule has 1 aliphatic carbocycles. The molecule has 30 heavy (non-hydrogen) atoms. The lowest BCUT2D eigenvalue weighted by molar-refractivity contribution is 0.0266. The normalized spacial score (nSPS) is 31.7. The van der Waals surface area contributed by atoms with Gasteiger partial charge in [-0.3, -0.25) is 9.36 Å². The predicted octanol–water partition coefficient (Wildman–Crippen LogP) is 1.41. The highest BCUT2D eigenvalue weighted by Gasteiger charge is 2.39. The first-order valence-electron chi connectivity index (χ1n) is 11.9. The number of sulfonamides is 1. The fourth-order valence-electron chi connectivity index (χ4n) is 4.13. The lowest BCUT2D eigenvalue weighted by Gasteiger charge is -2.31. The lowest BCUT2D eigenvalue weighted by Crippen LogP contribution is -2.42. The topological polar surface area (TPSA) is 117 Å². The van der Waals surface area contributed by atoms with E-state index in [9.17, 15) is 18.3 Å². The number of fused-ring (bicyclic) bond motifs is 1. The predicted molar refractivity (Wildman–Crippen MR) is 115 cm³/mol. The summed E-state index contributed by atoms with van der Waals surface area (Å²) in [5.41, 5.74) is -0.664. The van der Waals surface area contributed by atoms with Gasteiger partial charge in [-0.2, -0.15) is 4.98 Å². The van der Waals surface area contributed by atoms with E-state index in [1.54, 1.807) is 19.9 Å². The highest BCUT2D eigenvalue weighted by atomic mass is 32.2. The number of hydrogen-bond acceptors (Lipinski definition) is 7. The highest BCUT2D eigenvalue weighted by molar-refractivity contribution is 7.88. The van der Waals surface area contributed by atoms with Crippen LogP contribution in [0.1, 0.15) is 56.0 Å². The molecule has 2 N–H and O–H groups in total. The van der Waals surface area contributed by atoms with E-state index in [2.05, 4.69) is 15.3 Å². The molecule has 2 atom stereocenters. The van der Waals surface area contributed by atoms with Gasteiger partial charge in [-0.15, -0.1) is 0 Å². The zero-order chi connectivity index (χ0) is 25.3. The molecular formula is C20H29N5O4S. The van der Waals surface area contributed by atoms with E-state index < -0.39 is 53.5 Å². The van der Waals surface area contributed by atoms with E-state index in [4.69, 9.17) is 5.48 Å². The summed E-state index contributed by atoms with van der Waals surface area (Å²) in [5.74, 6) is -0.0901. The Kier molecular flexibility index (Phi) is 4.20. The number of hydrogen-bond donors (Lipinski definition) is 2. The third-order valence-corrected chi connectivity index (χ3v) is 7.02. The van der Waals surface area contributed by atoms with Crippen LogP contribution in [0.2, 0.25) is 0 Å². The largest absolute Gasteiger partial charge is 0.388 e. The minimum Gasteiger partial charge on any atom is -0.388 e. The van der Waals surface area contributed by atoms with Crippen LogP contribution in [0.4, 0.5) is 5.95 Å². The Morgan fingerprint density at radius 1 is 1.37 bits per heavy atom. The smallest absolute Gasteiger partial charge is 0.255 e. The molecule has 2 aromatic rings. The number of anilines is 1. The Morgan fingerprint density at radius 2 is 2.07 bits per heavy atom. The minimum absolute atomic E-state index is 0.0901. The Bertz CT molecular complexity index is 1280. The van der Waals surface area contributed by atoms with E-state index in [0.717, 1.165) is 17.0 Å². The van der Waals surface area contributed by atoms with Crippen molar-refractivity contribution in [3.63, 3.8) is 0 Å². The maximum absolute atomic E-state index is 13.1. The van der Waals surface area contributed by atoms with Gasteiger partial charge in [0.1, 0.15) is 5.65 Å². The van der Waals surface area contributed by atoms with Crippen molar-refractivity contribution in [2.75, 3.05) is 24.7 Å². The number of nitrogens with one attached hydrogen (secondary N) is 1. The third-order valence-electron chi connectivity index (χ3n) is 5.83. The molecular weight excluding hydrogens is 406 g/mol. The van der Waals surface area contributed by atoms with Crippen LogP contribution in [-0.2, 0) is 10.0 Å². The zero-order valence-corrected chi connectivity index (χ0v) is 18.0. The molecule has 10 heteroatoms. The molecule has 1 saturated carbocycles. The van der Waals surface area contributed by atoms with Crippen LogP contribution < -0.4 is 10.9 Å². The Labute approximate surface area is 181 Å². The Morgan fingerprint density at radius 3 is 2.67 bits per heavy atom. The average molecular weight is 440 g/mol. The van der Waals surface area contributed by atoms with Crippen molar-refractivity contribution in [3.8, 4) is 0 Å². The first kappa shape index (κ1) is 16.6. The van der Waals surface area contributed by atoms with Crippen LogP contribution >= 0.6 is 0 Å². The quantitative estimate of drug-likeness (QED) is 0.740. The van der Waals surface area contributed by atoms with Crippen LogP contribution in [0.3, 0.4) is 0 Å². The summed E-state index contributed by atoms with van der Waals surface area (Å²) in [6.45, 7) is 2.31. The summed E-state index contributed by atoms with van der Waals surface area (Å²) in [6, 6.07) is -0.304. The average Bonchev–Trinajstić information content (AvgIpc) is 3.03. The van der Waals surface area contributed by atoms with Crippen molar-refractivity contribution in [2.45, 2.75) is 63.5 Å². The van der Waals surface area contributed by atoms with Crippen molar-refractivity contribution in [3.05, 3.63) is 28.2 Å². The van der Waals surface area contributed by atoms with Gasteiger partial charge in [0.2, 0.25) is 16.0 Å². The molecule has 0 radical (unpaired) electrons. The lowest BCUT2D eigenvalue weighted by atomic mass is 9.99. The van der Waals surface area contributed by atoms with E-state index in [1.165, 1.54) is 10.8 Å². The molecule has 9 nitrogen and oxygen atoms in total. The number of aromatic nitrogens is 3. The number of piperidine rings is 1. The SMILES string of the molecule is [2H]C1([2H])CN(S(C)(=O)=O)CC([2H])([2H])C1Nc1ncc2cc(C)c(=O)n([C@@H]3CCC[C@@]3(C)O)c2n1. The molecule has 1 aliphatic heterocycles. The second-order valence-corrected chi connectivity index (χ2v) is 10.2. The molecule has 164 valence electrons. The first-order valence-corrected chi connectivity index (χ1v) is 11.7. The number of pyridine rings is 1. The summed E-state index contributed by atoms with van der Waals surface area (Å²) in [7, 11) is -3.80. The Hall–Kier alpha value is -2.04. The number of rotatable bonds is 4. The Balaban J connectivity index is 1.77. The first-order chi connectivity index (χ1) is 15.5. The molecule has 2 fully saturated rings. The van der Waals surface area contributed by atoms with Gasteiger partial charge >= 0.3 is 0 Å². The van der Waals surface area contributed by atoms with Crippen LogP contribution in [0, 0.1) is 6.92 Å². The van der Waals surface area contributed by atoms with Gasteiger partial charge in [0.25, 0.3) is 5.56 Å². The molecule has 3 heterocycles. The van der Waals surface area contributed by atoms with Crippen LogP contribution in [-0.4, -0.2) is 63.4 Å². The van der Waals surface area contributed by atoms with Crippen molar-refractivity contribution < 1.29 is 19.0 Å². The van der Waals surface area contributed by atoms with E-state index in [0.29, 0.717) is 23.8 Å². The summed E-state index contributed by atoms with van der Waals surface area (Å²) in [6.07, 6.45) is -0.291. The molecule has 0 aromatic carbocycles. The number of aryl methyl sites for hydroxylation is 1. The van der Waals surface area contributed by atoms with E-state index in [1.807, 2.05) is 0 Å². The molecule has 0 amide bonds. The van der Waals surface area contributed by atoms with Gasteiger partial charge in [-0.05, 0) is 51.9 Å². The number of nitrogens with zero attached hydrogens (tertiary/aromatic N) is 4. The van der Waals surface area contributed by atoms with E-state index >= 15 is 0 Å². The second kappa shape index (κ2) is 7.58. The maximum atomic E-state index is 13.1. The number of aliphatic hydroxyl groups is 1. The van der Waals surface area contributed by atoms with E-state index in [-0.39, 0.29) is 17.2 Å². The third kappa shape index (κ3) is 3.95. The fourth-order valence-corrected chi connectivity index (χ4v) is 4.75. The van der Waals surface area contributed by atoms with Gasteiger partial charge in [0.15, 0.2) is 0 Å². The summed E-state index contributed by atoms with van der Waals surface area (Å²) in [4.78, 5) is 21.7. The summed E-state index contributed by atoms with van der Waals surface area (Å²) in [5, 5.41) is 14.2.